The second-order valence-corrected chi connectivity index (χ2v) is 18.0. The summed E-state index contributed by atoms with van der Waals surface area (Å²) in [6.45, 7) is 19.7. The predicted molar refractivity (Wildman–Crippen MR) is 145 cm³/mol. The number of carbonyl (C=O) groups is 1. The van der Waals surface area contributed by atoms with Crippen LogP contribution in [0.2, 0.25) is 18.1 Å². The van der Waals surface area contributed by atoms with Crippen molar-refractivity contribution < 1.29 is 31.0 Å². The van der Waals surface area contributed by atoms with Crippen molar-refractivity contribution in [1.82, 2.24) is 0 Å². The van der Waals surface area contributed by atoms with Gasteiger partial charge in [-0.05, 0) is 62.9 Å². The summed E-state index contributed by atoms with van der Waals surface area (Å²) in [4.78, 5) is 11.4. The minimum Gasteiger partial charge on any atom is -0.462 e. The number of esters is 1. The van der Waals surface area contributed by atoms with Crippen LogP contribution >= 0.6 is 0 Å². The molecule has 0 spiro atoms. The Balaban J connectivity index is 2.25. The van der Waals surface area contributed by atoms with E-state index in [2.05, 4.69) is 40.4 Å². The van der Waals surface area contributed by atoms with E-state index in [1.165, 1.54) is 0 Å². The molecule has 1 aromatic rings. The van der Waals surface area contributed by atoms with E-state index in [1.54, 1.807) is 0 Å². The third kappa shape index (κ3) is 9.65. The lowest BCUT2D eigenvalue weighted by Crippen LogP contribution is -2.40. The maximum atomic E-state index is 11.4. The largest absolute Gasteiger partial charge is 0.462 e. The van der Waals surface area contributed by atoms with Gasteiger partial charge in [0, 0.05) is 24.8 Å². The summed E-state index contributed by atoms with van der Waals surface area (Å²) in [6.07, 6.45) is 5.96. The molecule has 36 heavy (non-hydrogen) atoms. The highest BCUT2D eigenvalue weighted by molar-refractivity contribution is 7.85. The first-order valence-corrected chi connectivity index (χ1v) is 17.3. The van der Waals surface area contributed by atoms with Crippen LogP contribution in [-0.2, 0) is 41.3 Å². The van der Waals surface area contributed by atoms with Crippen molar-refractivity contribution in [2.24, 2.45) is 5.92 Å². The van der Waals surface area contributed by atoms with Crippen LogP contribution < -0.4 is 0 Å². The average molecular weight is 541 g/mol. The van der Waals surface area contributed by atoms with Crippen molar-refractivity contribution in [3.63, 3.8) is 0 Å². The number of furan rings is 1. The van der Waals surface area contributed by atoms with E-state index in [1.807, 2.05) is 26.0 Å². The van der Waals surface area contributed by atoms with Crippen molar-refractivity contribution in [1.29, 1.82) is 0 Å². The fourth-order valence-corrected chi connectivity index (χ4v) is 5.15. The average Bonchev–Trinajstić information content (AvgIpc) is 3.28. The molecule has 0 N–H and O–H groups in total. The third-order valence-electron chi connectivity index (χ3n) is 7.11. The van der Waals surface area contributed by atoms with Crippen molar-refractivity contribution in [3.05, 3.63) is 40.9 Å². The molecule has 1 aliphatic heterocycles. The summed E-state index contributed by atoms with van der Waals surface area (Å²) >= 11 is 0. The number of carbonyl (C=O) groups excluding carboxylic acids is 1. The molecular formula is C27H44O7SSi. The molecule has 1 aromatic heterocycles. The monoisotopic (exact) mass is 540 g/mol. The molecular weight excluding hydrogens is 496 g/mol. The number of rotatable bonds is 13. The Morgan fingerprint density at radius 3 is 2.50 bits per heavy atom. The summed E-state index contributed by atoms with van der Waals surface area (Å²) in [7, 11) is -5.47. The van der Waals surface area contributed by atoms with Crippen LogP contribution in [0.5, 0.6) is 0 Å². The van der Waals surface area contributed by atoms with Gasteiger partial charge in [0.25, 0.3) is 10.1 Å². The van der Waals surface area contributed by atoms with Gasteiger partial charge >= 0.3 is 5.97 Å². The van der Waals surface area contributed by atoms with Crippen molar-refractivity contribution in [2.75, 3.05) is 12.9 Å². The Bertz CT molecular complexity index is 1060. The van der Waals surface area contributed by atoms with Crippen molar-refractivity contribution in [2.45, 2.75) is 97.6 Å². The van der Waals surface area contributed by atoms with E-state index in [-0.39, 0.29) is 29.6 Å². The Morgan fingerprint density at radius 2 is 1.97 bits per heavy atom. The lowest BCUT2D eigenvalue weighted by atomic mass is 9.92. The SMILES string of the molecule is C=C(C)[C@@H](CCOS(C)(=O)=O)Cc1oc(/C=C(\C)C[C@@H]2CCC(=O)O2)cc1CO[Si](C)(C)C(C)(C)C. The molecule has 9 heteroatoms. The van der Waals surface area contributed by atoms with E-state index in [0.29, 0.717) is 32.3 Å². The van der Waals surface area contributed by atoms with Gasteiger partial charge in [0.1, 0.15) is 17.6 Å². The number of ether oxygens (including phenoxy) is 1. The van der Waals surface area contributed by atoms with Gasteiger partial charge in [-0.25, -0.2) is 0 Å². The highest BCUT2D eigenvalue weighted by atomic mass is 32.2. The van der Waals surface area contributed by atoms with Gasteiger partial charge in [0.05, 0.1) is 19.5 Å². The molecule has 7 nitrogen and oxygen atoms in total. The Kier molecular flexibility index (Phi) is 10.4. The molecule has 0 bridgehead atoms. The third-order valence-corrected chi connectivity index (χ3v) is 12.2. The van der Waals surface area contributed by atoms with Crippen LogP contribution in [0.25, 0.3) is 6.08 Å². The van der Waals surface area contributed by atoms with E-state index < -0.39 is 18.4 Å². The maximum Gasteiger partial charge on any atom is 0.306 e. The molecule has 2 atom stereocenters. The van der Waals surface area contributed by atoms with Crippen molar-refractivity contribution >= 4 is 30.5 Å². The number of hydrogen-bond donors (Lipinski definition) is 0. The summed E-state index contributed by atoms with van der Waals surface area (Å²) in [5.74, 6) is 1.41. The van der Waals surface area contributed by atoms with Gasteiger partial charge in [0.15, 0.2) is 8.32 Å². The quantitative estimate of drug-likeness (QED) is 0.124. The molecule has 1 fully saturated rings. The molecule has 2 heterocycles. The van der Waals surface area contributed by atoms with Gasteiger partial charge in [-0.3, -0.25) is 8.98 Å². The van der Waals surface area contributed by atoms with Gasteiger partial charge in [-0.1, -0.05) is 38.5 Å². The highest BCUT2D eigenvalue weighted by Gasteiger charge is 2.37. The molecule has 0 aromatic carbocycles. The molecule has 0 amide bonds. The fourth-order valence-electron chi connectivity index (χ4n) is 3.81. The Hall–Kier alpha value is -1.68. The summed E-state index contributed by atoms with van der Waals surface area (Å²) in [5, 5.41) is 0.0815. The van der Waals surface area contributed by atoms with Gasteiger partial charge in [-0.15, -0.1) is 0 Å². The number of hydrogen-bond acceptors (Lipinski definition) is 7. The van der Waals surface area contributed by atoms with E-state index in [4.69, 9.17) is 17.8 Å². The minimum absolute atomic E-state index is 0.000323. The first-order valence-electron chi connectivity index (χ1n) is 12.6. The highest BCUT2D eigenvalue weighted by Crippen LogP contribution is 2.38. The second-order valence-electron chi connectivity index (χ2n) is 11.6. The first-order chi connectivity index (χ1) is 16.5. The number of cyclic esters (lactones) is 1. The summed E-state index contributed by atoms with van der Waals surface area (Å²) in [6, 6.07) is 2.02. The van der Waals surface area contributed by atoms with E-state index in [0.717, 1.165) is 40.9 Å². The zero-order valence-electron chi connectivity index (χ0n) is 23.2. The first kappa shape index (κ1) is 30.5. The Morgan fingerprint density at radius 1 is 1.31 bits per heavy atom. The minimum atomic E-state index is -3.50. The van der Waals surface area contributed by atoms with Crippen LogP contribution in [0.3, 0.4) is 0 Å². The van der Waals surface area contributed by atoms with E-state index >= 15 is 0 Å². The van der Waals surface area contributed by atoms with Crippen LogP contribution in [0, 0.1) is 5.92 Å². The molecule has 2 rings (SSSR count). The molecule has 204 valence electrons. The standard InChI is InChI=1S/C27H44O7SSi/c1-19(2)21(12-13-31-35(7,29)30)17-25-22(18-32-36(8,9)27(4,5)6)16-24(33-25)15-20(3)14-23-10-11-26(28)34-23/h15-16,21,23H,1,10-14,17-18H2,2-9H3/b20-15+/t21-,23-/m0/s1. The lowest BCUT2D eigenvalue weighted by Gasteiger charge is -2.36. The normalized spacial score (nSPS) is 18.4. The van der Waals surface area contributed by atoms with Gasteiger partial charge in [-0.2, -0.15) is 8.42 Å². The summed E-state index contributed by atoms with van der Waals surface area (Å²) in [5.41, 5.74) is 3.00. The smallest absolute Gasteiger partial charge is 0.306 e. The molecule has 0 aliphatic carbocycles. The Labute approximate surface area is 218 Å². The topological polar surface area (TPSA) is 92.0 Å². The van der Waals surface area contributed by atoms with Crippen LogP contribution in [-0.4, -0.2) is 41.7 Å². The predicted octanol–water partition coefficient (Wildman–Crippen LogP) is 6.40. The molecule has 0 radical (unpaired) electrons. The van der Waals surface area contributed by atoms with Gasteiger partial charge in [0.2, 0.25) is 0 Å². The van der Waals surface area contributed by atoms with Crippen LogP contribution in [0.15, 0.2) is 28.2 Å². The fraction of sp³-hybridized carbons (Fsp3) is 0.667. The van der Waals surface area contributed by atoms with Crippen LogP contribution in [0.1, 0.15) is 77.4 Å². The van der Waals surface area contributed by atoms with E-state index in [9.17, 15) is 13.2 Å². The lowest BCUT2D eigenvalue weighted by molar-refractivity contribution is -0.141. The van der Waals surface area contributed by atoms with Crippen LogP contribution in [0.4, 0.5) is 0 Å². The maximum absolute atomic E-state index is 11.4. The van der Waals surface area contributed by atoms with Crippen molar-refractivity contribution in [3.8, 4) is 0 Å². The summed E-state index contributed by atoms with van der Waals surface area (Å²) < 4.78 is 45.9. The molecule has 0 unspecified atom stereocenters. The zero-order chi connectivity index (χ0) is 27.3. The second kappa shape index (κ2) is 12.2. The van der Waals surface area contributed by atoms with Gasteiger partial charge < -0.3 is 13.6 Å². The molecule has 1 aliphatic rings. The molecule has 0 saturated carbocycles. The zero-order valence-corrected chi connectivity index (χ0v) is 25.0. The molecule has 1 saturated heterocycles. The number of allylic oxidation sites excluding steroid dienone is 1.